The van der Waals surface area contributed by atoms with Crippen LogP contribution in [0.4, 0.5) is 0 Å². The Morgan fingerprint density at radius 3 is 2.47 bits per heavy atom. The molecule has 0 spiro atoms. The van der Waals surface area contributed by atoms with Crippen molar-refractivity contribution in [3.05, 3.63) is 54.1 Å². The van der Waals surface area contributed by atoms with E-state index < -0.39 is 0 Å². The van der Waals surface area contributed by atoms with Gasteiger partial charge in [-0.25, -0.2) is 0 Å². The second kappa shape index (κ2) is 6.69. The SMILES string of the molecule is COc1ccc(CCCOc2cccc(O)c2)cc1. The molecule has 2 aromatic rings. The van der Waals surface area contributed by atoms with Crippen molar-refractivity contribution in [3.63, 3.8) is 0 Å². The van der Waals surface area contributed by atoms with Crippen molar-refractivity contribution >= 4 is 0 Å². The highest BCUT2D eigenvalue weighted by molar-refractivity contribution is 5.31. The summed E-state index contributed by atoms with van der Waals surface area (Å²) in [6, 6.07) is 14.9. The highest BCUT2D eigenvalue weighted by atomic mass is 16.5. The third-order valence-electron chi connectivity index (χ3n) is 2.86. The van der Waals surface area contributed by atoms with E-state index in [2.05, 4.69) is 12.1 Å². The van der Waals surface area contributed by atoms with Gasteiger partial charge in [0.25, 0.3) is 0 Å². The number of rotatable bonds is 6. The lowest BCUT2D eigenvalue weighted by Crippen LogP contribution is -1.99. The Morgan fingerprint density at radius 2 is 1.79 bits per heavy atom. The molecule has 0 unspecified atom stereocenters. The van der Waals surface area contributed by atoms with E-state index in [9.17, 15) is 5.11 Å². The number of ether oxygens (including phenoxy) is 2. The van der Waals surface area contributed by atoms with Crippen molar-refractivity contribution in [1.29, 1.82) is 0 Å². The molecular formula is C16H18O3. The van der Waals surface area contributed by atoms with Crippen LogP contribution in [0, 0.1) is 0 Å². The Balaban J connectivity index is 1.74. The van der Waals surface area contributed by atoms with Crippen LogP contribution in [0.2, 0.25) is 0 Å². The topological polar surface area (TPSA) is 38.7 Å². The van der Waals surface area contributed by atoms with E-state index in [1.54, 1.807) is 25.3 Å². The van der Waals surface area contributed by atoms with Gasteiger partial charge in [0.1, 0.15) is 17.2 Å². The van der Waals surface area contributed by atoms with Gasteiger partial charge in [-0.2, -0.15) is 0 Å². The molecule has 0 bridgehead atoms. The molecule has 100 valence electrons. The van der Waals surface area contributed by atoms with E-state index in [0.717, 1.165) is 18.6 Å². The molecule has 0 fully saturated rings. The maximum Gasteiger partial charge on any atom is 0.122 e. The van der Waals surface area contributed by atoms with Gasteiger partial charge in [0, 0.05) is 6.07 Å². The summed E-state index contributed by atoms with van der Waals surface area (Å²) in [6.07, 6.45) is 1.89. The summed E-state index contributed by atoms with van der Waals surface area (Å²) in [4.78, 5) is 0. The van der Waals surface area contributed by atoms with E-state index in [1.807, 2.05) is 18.2 Å². The molecule has 0 atom stereocenters. The molecule has 3 nitrogen and oxygen atoms in total. The van der Waals surface area contributed by atoms with Gasteiger partial charge in [0.2, 0.25) is 0 Å². The highest BCUT2D eigenvalue weighted by Gasteiger charge is 1.97. The van der Waals surface area contributed by atoms with Crippen LogP contribution in [0.1, 0.15) is 12.0 Å². The Kier molecular flexibility index (Phi) is 4.67. The third-order valence-corrected chi connectivity index (χ3v) is 2.86. The molecule has 0 aliphatic carbocycles. The lowest BCUT2D eigenvalue weighted by Gasteiger charge is -2.07. The Labute approximate surface area is 113 Å². The number of hydrogen-bond acceptors (Lipinski definition) is 3. The molecule has 0 saturated carbocycles. The summed E-state index contributed by atoms with van der Waals surface area (Å²) < 4.78 is 10.7. The smallest absolute Gasteiger partial charge is 0.122 e. The Hall–Kier alpha value is -2.16. The number of phenolic OH excluding ortho intramolecular Hbond substituents is 1. The molecule has 3 heteroatoms. The number of hydrogen-bond donors (Lipinski definition) is 1. The van der Waals surface area contributed by atoms with E-state index in [1.165, 1.54) is 5.56 Å². The molecule has 0 aliphatic rings. The predicted octanol–water partition coefficient (Wildman–Crippen LogP) is 3.41. The van der Waals surface area contributed by atoms with Crippen molar-refractivity contribution in [3.8, 4) is 17.2 Å². The zero-order valence-corrected chi connectivity index (χ0v) is 11.0. The van der Waals surface area contributed by atoms with Gasteiger partial charge in [-0.15, -0.1) is 0 Å². The normalized spacial score (nSPS) is 10.2. The van der Waals surface area contributed by atoms with Gasteiger partial charge in [0.05, 0.1) is 13.7 Å². The monoisotopic (exact) mass is 258 g/mol. The average Bonchev–Trinajstić information content (AvgIpc) is 2.44. The van der Waals surface area contributed by atoms with Crippen LogP contribution in [0.5, 0.6) is 17.2 Å². The number of benzene rings is 2. The first-order valence-corrected chi connectivity index (χ1v) is 6.33. The minimum Gasteiger partial charge on any atom is -0.508 e. The molecule has 0 aliphatic heterocycles. The van der Waals surface area contributed by atoms with Gasteiger partial charge in [-0.1, -0.05) is 18.2 Å². The van der Waals surface area contributed by atoms with Crippen LogP contribution >= 0.6 is 0 Å². The van der Waals surface area contributed by atoms with E-state index in [0.29, 0.717) is 12.4 Å². The van der Waals surface area contributed by atoms with Gasteiger partial charge in [-0.05, 0) is 42.7 Å². The van der Waals surface area contributed by atoms with E-state index in [4.69, 9.17) is 9.47 Å². The molecule has 0 radical (unpaired) electrons. The fourth-order valence-corrected chi connectivity index (χ4v) is 1.83. The minimum atomic E-state index is 0.229. The van der Waals surface area contributed by atoms with E-state index >= 15 is 0 Å². The number of methoxy groups -OCH3 is 1. The minimum absolute atomic E-state index is 0.229. The zero-order chi connectivity index (χ0) is 13.5. The molecule has 2 aromatic carbocycles. The van der Waals surface area contributed by atoms with Crippen molar-refractivity contribution in [2.75, 3.05) is 13.7 Å². The molecule has 0 aromatic heterocycles. The summed E-state index contributed by atoms with van der Waals surface area (Å²) in [5.74, 6) is 1.81. The highest BCUT2D eigenvalue weighted by Crippen LogP contribution is 2.18. The third kappa shape index (κ3) is 4.21. The molecule has 0 heterocycles. The molecule has 0 saturated heterocycles. The zero-order valence-electron chi connectivity index (χ0n) is 11.0. The second-order valence-electron chi connectivity index (χ2n) is 4.30. The lowest BCUT2D eigenvalue weighted by molar-refractivity contribution is 0.309. The predicted molar refractivity (Wildman–Crippen MR) is 74.9 cm³/mol. The van der Waals surface area contributed by atoms with Crippen LogP contribution in [-0.2, 0) is 6.42 Å². The molecule has 19 heavy (non-hydrogen) atoms. The first kappa shape index (κ1) is 13.3. The fourth-order valence-electron chi connectivity index (χ4n) is 1.83. The maximum atomic E-state index is 9.31. The van der Waals surface area contributed by atoms with Crippen molar-refractivity contribution in [2.24, 2.45) is 0 Å². The quantitative estimate of drug-likeness (QED) is 0.807. The van der Waals surface area contributed by atoms with Crippen molar-refractivity contribution in [2.45, 2.75) is 12.8 Å². The van der Waals surface area contributed by atoms with Gasteiger partial charge < -0.3 is 14.6 Å². The van der Waals surface area contributed by atoms with Crippen molar-refractivity contribution in [1.82, 2.24) is 0 Å². The second-order valence-corrected chi connectivity index (χ2v) is 4.30. The molecule has 1 N–H and O–H groups in total. The Morgan fingerprint density at radius 1 is 1.00 bits per heavy atom. The largest absolute Gasteiger partial charge is 0.508 e. The van der Waals surface area contributed by atoms with Crippen LogP contribution in [0.15, 0.2) is 48.5 Å². The van der Waals surface area contributed by atoms with Gasteiger partial charge in [0.15, 0.2) is 0 Å². The summed E-state index contributed by atoms with van der Waals surface area (Å²) in [7, 11) is 1.66. The number of aryl methyl sites for hydroxylation is 1. The average molecular weight is 258 g/mol. The van der Waals surface area contributed by atoms with Crippen molar-refractivity contribution < 1.29 is 14.6 Å². The summed E-state index contributed by atoms with van der Waals surface area (Å²) in [5.41, 5.74) is 1.26. The number of aromatic hydroxyl groups is 1. The summed E-state index contributed by atoms with van der Waals surface area (Å²) in [5, 5.41) is 9.31. The van der Waals surface area contributed by atoms with Crippen LogP contribution < -0.4 is 9.47 Å². The maximum absolute atomic E-state index is 9.31. The van der Waals surface area contributed by atoms with Crippen LogP contribution in [0.3, 0.4) is 0 Å². The Bertz CT molecular complexity index is 506. The first-order chi connectivity index (χ1) is 9.28. The lowest BCUT2D eigenvalue weighted by atomic mass is 10.1. The van der Waals surface area contributed by atoms with Crippen LogP contribution in [0.25, 0.3) is 0 Å². The fraction of sp³-hybridized carbons (Fsp3) is 0.250. The number of phenols is 1. The summed E-state index contributed by atoms with van der Waals surface area (Å²) >= 11 is 0. The standard InChI is InChI=1S/C16H18O3/c1-18-15-9-7-13(8-10-15)4-3-11-19-16-6-2-5-14(17)12-16/h2,5-10,12,17H,3-4,11H2,1H3. The first-order valence-electron chi connectivity index (χ1n) is 6.33. The molecule has 2 rings (SSSR count). The van der Waals surface area contributed by atoms with Crippen LogP contribution in [-0.4, -0.2) is 18.8 Å². The van der Waals surface area contributed by atoms with E-state index in [-0.39, 0.29) is 5.75 Å². The molecule has 0 amide bonds. The van der Waals surface area contributed by atoms with Gasteiger partial charge >= 0.3 is 0 Å². The van der Waals surface area contributed by atoms with Gasteiger partial charge in [-0.3, -0.25) is 0 Å². The molecular weight excluding hydrogens is 240 g/mol. The summed E-state index contributed by atoms with van der Waals surface area (Å²) in [6.45, 7) is 0.634.